The number of rotatable bonds is 4. The lowest BCUT2D eigenvalue weighted by molar-refractivity contribution is -0.366. The van der Waals surface area contributed by atoms with Crippen molar-refractivity contribution in [3.05, 3.63) is 54.1 Å². The minimum absolute atomic E-state index is 0.239. The summed E-state index contributed by atoms with van der Waals surface area (Å²) >= 11 is 0. The van der Waals surface area contributed by atoms with E-state index in [2.05, 4.69) is 5.73 Å². The Kier molecular flexibility index (Phi) is 3.62. The van der Waals surface area contributed by atoms with E-state index in [4.69, 9.17) is 9.84 Å². The molecule has 0 aliphatic heterocycles. The van der Waals surface area contributed by atoms with Crippen LogP contribution in [0.4, 0.5) is 0 Å². The molecule has 0 unspecified atom stereocenters. The minimum atomic E-state index is 0.239. The Hall–Kier alpha value is -2.00. The molecule has 0 atom stereocenters. The van der Waals surface area contributed by atoms with Crippen LogP contribution in [-0.2, 0) is 6.42 Å². The molecule has 2 aromatic rings. The van der Waals surface area contributed by atoms with Gasteiger partial charge in [-0.25, -0.2) is 0 Å². The molecular weight excluding hydrogens is 214 g/mol. The van der Waals surface area contributed by atoms with Gasteiger partial charge in [0, 0.05) is 6.42 Å². The van der Waals surface area contributed by atoms with Crippen LogP contribution < -0.4 is 10.5 Å². The average Bonchev–Trinajstić information content (AvgIpc) is 2.35. The molecule has 0 radical (unpaired) electrons. The molecule has 0 saturated heterocycles. The predicted octanol–water partition coefficient (Wildman–Crippen LogP) is 1.97. The van der Waals surface area contributed by atoms with E-state index in [0.29, 0.717) is 5.75 Å². The van der Waals surface area contributed by atoms with Crippen LogP contribution in [0.15, 0.2) is 48.5 Å². The van der Waals surface area contributed by atoms with E-state index in [9.17, 15) is 0 Å². The van der Waals surface area contributed by atoms with E-state index in [0.717, 1.165) is 18.7 Å². The summed E-state index contributed by atoms with van der Waals surface area (Å²) in [6, 6.07) is 14.6. The van der Waals surface area contributed by atoms with Crippen LogP contribution in [0.5, 0.6) is 17.2 Å². The summed E-state index contributed by atoms with van der Waals surface area (Å²) in [6.07, 6.45) is 0.986. The van der Waals surface area contributed by atoms with Gasteiger partial charge in [-0.1, -0.05) is 12.1 Å². The van der Waals surface area contributed by atoms with Crippen molar-refractivity contribution in [3.8, 4) is 17.2 Å². The molecule has 2 rings (SSSR count). The van der Waals surface area contributed by atoms with Crippen LogP contribution in [0.1, 0.15) is 5.56 Å². The average molecular weight is 230 g/mol. The van der Waals surface area contributed by atoms with Gasteiger partial charge < -0.3 is 15.6 Å². The van der Waals surface area contributed by atoms with Gasteiger partial charge in [0.25, 0.3) is 0 Å². The summed E-state index contributed by atoms with van der Waals surface area (Å²) in [4.78, 5) is 0. The maximum absolute atomic E-state index is 9.16. The highest BCUT2D eigenvalue weighted by Crippen LogP contribution is 2.23. The van der Waals surface area contributed by atoms with Crippen molar-refractivity contribution in [2.24, 2.45) is 0 Å². The zero-order valence-corrected chi connectivity index (χ0v) is 9.60. The highest BCUT2D eigenvalue weighted by Gasteiger charge is 1.98. The molecule has 0 bridgehead atoms. The highest BCUT2D eigenvalue weighted by atomic mass is 16.5. The molecule has 0 fully saturated rings. The maximum atomic E-state index is 9.16. The lowest BCUT2D eigenvalue weighted by Crippen LogP contribution is -2.51. The zero-order valence-electron chi connectivity index (χ0n) is 9.60. The fraction of sp³-hybridized carbons (Fsp3) is 0.143. The number of aromatic hydroxyl groups is 1. The minimum Gasteiger partial charge on any atom is -0.508 e. The van der Waals surface area contributed by atoms with Gasteiger partial charge in [0.05, 0.1) is 6.54 Å². The first kappa shape index (κ1) is 11.5. The van der Waals surface area contributed by atoms with Crippen molar-refractivity contribution in [3.63, 3.8) is 0 Å². The lowest BCUT2D eigenvalue weighted by atomic mass is 10.1. The summed E-state index contributed by atoms with van der Waals surface area (Å²) in [5.74, 6) is 1.75. The van der Waals surface area contributed by atoms with Crippen LogP contribution in [0.3, 0.4) is 0 Å². The van der Waals surface area contributed by atoms with Crippen molar-refractivity contribution in [1.82, 2.24) is 0 Å². The van der Waals surface area contributed by atoms with Crippen LogP contribution in [0, 0.1) is 0 Å². The molecule has 0 amide bonds. The van der Waals surface area contributed by atoms with Crippen LogP contribution in [0.25, 0.3) is 0 Å². The third kappa shape index (κ3) is 3.23. The maximum Gasteiger partial charge on any atom is 0.127 e. The van der Waals surface area contributed by atoms with Gasteiger partial charge in [0.15, 0.2) is 0 Å². The largest absolute Gasteiger partial charge is 0.508 e. The molecule has 3 nitrogen and oxygen atoms in total. The second-order valence-electron chi connectivity index (χ2n) is 3.84. The topological polar surface area (TPSA) is 57.1 Å². The Balaban J connectivity index is 2.05. The number of hydrogen-bond acceptors (Lipinski definition) is 2. The Morgan fingerprint density at radius 2 is 1.41 bits per heavy atom. The van der Waals surface area contributed by atoms with Gasteiger partial charge in [0.2, 0.25) is 0 Å². The van der Waals surface area contributed by atoms with Crippen molar-refractivity contribution in [2.45, 2.75) is 6.42 Å². The van der Waals surface area contributed by atoms with E-state index in [-0.39, 0.29) is 5.75 Å². The SMILES string of the molecule is [NH3+]CCc1ccc(Oc2ccc(O)cc2)cc1. The van der Waals surface area contributed by atoms with E-state index in [1.165, 1.54) is 5.56 Å². The molecule has 88 valence electrons. The van der Waals surface area contributed by atoms with Gasteiger partial charge in [0.1, 0.15) is 17.2 Å². The number of ether oxygens (including phenoxy) is 1. The van der Waals surface area contributed by atoms with Crippen molar-refractivity contribution in [2.75, 3.05) is 6.54 Å². The summed E-state index contributed by atoms with van der Waals surface area (Å²) in [5, 5.41) is 9.16. The molecule has 0 aliphatic rings. The molecule has 2 aromatic carbocycles. The number of benzene rings is 2. The highest BCUT2D eigenvalue weighted by molar-refractivity contribution is 5.35. The second-order valence-corrected chi connectivity index (χ2v) is 3.84. The van der Waals surface area contributed by atoms with Gasteiger partial charge >= 0.3 is 0 Å². The number of phenolic OH excluding ortho intramolecular Hbond substituents is 1. The van der Waals surface area contributed by atoms with E-state index >= 15 is 0 Å². The van der Waals surface area contributed by atoms with E-state index < -0.39 is 0 Å². The molecule has 0 heterocycles. The summed E-state index contributed by atoms with van der Waals surface area (Å²) in [6.45, 7) is 0.901. The molecule has 4 N–H and O–H groups in total. The fourth-order valence-electron chi connectivity index (χ4n) is 1.58. The Bertz CT molecular complexity index is 463. The van der Waals surface area contributed by atoms with Crippen molar-refractivity contribution >= 4 is 0 Å². The normalized spacial score (nSPS) is 10.2. The first-order valence-corrected chi connectivity index (χ1v) is 5.63. The molecule has 0 aliphatic carbocycles. The molecule has 3 heteroatoms. The van der Waals surface area contributed by atoms with E-state index in [1.807, 2.05) is 24.3 Å². The molecule has 0 aromatic heterocycles. The monoisotopic (exact) mass is 230 g/mol. The summed E-state index contributed by atoms with van der Waals surface area (Å²) < 4.78 is 5.64. The quantitative estimate of drug-likeness (QED) is 0.843. The lowest BCUT2D eigenvalue weighted by Gasteiger charge is -2.06. The van der Waals surface area contributed by atoms with Crippen LogP contribution in [0.2, 0.25) is 0 Å². The third-order valence-electron chi connectivity index (χ3n) is 2.46. The summed E-state index contributed by atoms with van der Waals surface area (Å²) in [7, 11) is 0. The fourth-order valence-corrected chi connectivity index (χ4v) is 1.58. The van der Waals surface area contributed by atoms with Crippen molar-refractivity contribution in [1.29, 1.82) is 0 Å². The number of phenols is 1. The van der Waals surface area contributed by atoms with Crippen LogP contribution >= 0.6 is 0 Å². The Morgan fingerprint density at radius 3 is 1.94 bits per heavy atom. The zero-order chi connectivity index (χ0) is 12.1. The molecule has 0 saturated carbocycles. The molecule has 17 heavy (non-hydrogen) atoms. The third-order valence-corrected chi connectivity index (χ3v) is 2.46. The van der Waals surface area contributed by atoms with Gasteiger partial charge in [-0.05, 0) is 42.0 Å². The number of quaternary nitrogens is 1. The second kappa shape index (κ2) is 5.37. The Labute approximate surface area is 100 Å². The number of hydrogen-bond donors (Lipinski definition) is 2. The first-order valence-electron chi connectivity index (χ1n) is 5.63. The van der Waals surface area contributed by atoms with Gasteiger partial charge in [-0.15, -0.1) is 0 Å². The Morgan fingerprint density at radius 1 is 0.882 bits per heavy atom. The van der Waals surface area contributed by atoms with Gasteiger partial charge in [-0.3, -0.25) is 0 Å². The van der Waals surface area contributed by atoms with Crippen molar-refractivity contribution < 1.29 is 15.6 Å². The summed E-state index contributed by atoms with van der Waals surface area (Å²) in [5.41, 5.74) is 5.09. The molecular formula is C14H16NO2+. The van der Waals surface area contributed by atoms with E-state index in [1.54, 1.807) is 24.3 Å². The predicted molar refractivity (Wildman–Crippen MR) is 66.1 cm³/mol. The smallest absolute Gasteiger partial charge is 0.127 e. The molecule has 0 spiro atoms. The van der Waals surface area contributed by atoms with Gasteiger partial charge in [-0.2, -0.15) is 0 Å². The van der Waals surface area contributed by atoms with Crippen LogP contribution in [-0.4, -0.2) is 11.7 Å². The first-order chi connectivity index (χ1) is 8.28. The standard InChI is InChI=1S/C14H15NO2/c15-10-9-11-1-5-13(6-2-11)17-14-7-3-12(16)4-8-14/h1-8,16H,9-10,15H2/p+1.